The molecule has 0 saturated carbocycles. The molecule has 0 aromatic carbocycles. The molecule has 182 valence electrons. The molecule has 3 atom stereocenters. The Morgan fingerprint density at radius 1 is 0.727 bits per heavy atom. The number of piperidine rings is 3. The summed E-state index contributed by atoms with van der Waals surface area (Å²) in [4.78, 5) is 3.00. The quantitative estimate of drug-likeness (QED) is 0.194. The van der Waals surface area contributed by atoms with Gasteiger partial charge in [-0.25, -0.2) is 0 Å². The molecule has 0 aromatic heterocycles. The molecule has 0 amide bonds. The average Bonchev–Trinajstić information content (AvgIpc) is 2.83. The van der Waals surface area contributed by atoms with Gasteiger partial charge in [-0.2, -0.15) is 0 Å². The minimum atomic E-state index is 0. The third-order valence-corrected chi connectivity index (χ3v) is 5.16. The van der Waals surface area contributed by atoms with E-state index in [1.54, 1.807) is 0 Å². The maximum absolute atomic E-state index is 6.75. The van der Waals surface area contributed by atoms with Crippen LogP contribution in [-0.2, 0) is 19.5 Å². The van der Waals surface area contributed by atoms with Gasteiger partial charge in [-0.1, -0.05) is 94.2 Å². The van der Waals surface area contributed by atoms with Crippen molar-refractivity contribution in [2.75, 3.05) is 26.2 Å². The second-order valence-electron chi connectivity index (χ2n) is 7.56. The summed E-state index contributed by atoms with van der Waals surface area (Å²) in [6.07, 6.45) is 18.5. The van der Waals surface area contributed by atoms with Gasteiger partial charge in [0.25, 0.3) is 0 Å². The van der Waals surface area contributed by atoms with Gasteiger partial charge in [0, 0.05) is 19.5 Å². The number of allylic oxidation sites excluding steroid dienone is 2. The van der Waals surface area contributed by atoms with Gasteiger partial charge < -0.3 is 54.0 Å². The molecule has 0 spiro atoms. The molecule has 0 radical (unpaired) electrons. The van der Waals surface area contributed by atoms with E-state index in [4.69, 9.17) is 22.1 Å². The monoisotopic (exact) mass is 506 g/mol. The Morgan fingerprint density at radius 2 is 1.18 bits per heavy atom. The predicted octanol–water partition coefficient (Wildman–Crippen LogP) is 6.32. The van der Waals surface area contributed by atoms with Crippen molar-refractivity contribution in [2.45, 2.75) is 76.3 Å². The molecular formula is C20H34N12Zn-6. The van der Waals surface area contributed by atoms with Crippen LogP contribution in [0.4, 0.5) is 0 Å². The topological polar surface area (TPSA) is 198 Å². The molecule has 0 bridgehead atoms. The summed E-state index contributed by atoms with van der Waals surface area (Å²) in [6, 6.07) is 0. The van der Waals surface area contributed by atoms with E-state index in [1.807, 2.05) is 18.2 Å². The van der Waals surface area contributed by atoms with Gasteiger partial charge in [0.15, 0.2) is 0 Å². The number of nitrogens with zero attached hydrogens (tertiary/aromatic N) is 10. The first-order valence-corrected chi connectivity index (χ1v) is 11.3. The molecule has 4 aliphatic heterocycles. The smallest absolute Gasteiger partial charge is 0 e. The maximum atomic E-state index is 6.75. The third kappa shape index (κ3) is 16.4. The molecule has 0 aromatic rings. The van der Waals surface area contributed by atoms with E-state index in [0.29, 0.717) is 18.5 Å². The zero-order valence-electron chi connectivity index (χ0n) is 19.3. The van der Waals surface area contributed by atoms with Gasteiger partial charge in [-0.05, 0) is 6.54 Å². The molecule has 2 N–H and O–H groups in total. The minimum absolute atomic E-state index is 0. The van der Waals surface area contributed by atoms with Gasteiger partial charge in [-0.3, -0.25) is 9.82 Å². The van der Waals surface area contributed by atoms with Crippen molar-refractivity contribution in [1.82, 2.24) is 10.6 Å². The fraction of sp³-hybridized carbons (Fsp3) is 0.800. The fourth-order valence-electron chi connectivity index (χ4n) is 3.66. The maximum Gasteiger partial charge on any atom is 0 e. The van der Waals surface area contributed by atoms with Crippen molar-refractivity contribution in [3.63, 3.8) is 0 Å². The first kappa shape index (κ1) is 31.2. The molecule has 3 fully saturated rings. The fourth-order valence-corrected chi connectivity index (χ4v) is 3.66. The molecular weight excluding hydrogens is 474 g/mol. The van der Waals surface area contributed by atoms with E-state index in [0.717, 1.165) is 38.4 Å². The second-order valence-corrected chi connectivity index (χ2v) is 7.56. The molecule has 12 nitrogen and oxygen atoms in total. The van der Waals surface area contributed by atoms with Crippen LogP contribution in [0.5, 0.6) is 0 Å². The summed E-state index contributed by atoms with van der Waals surface area (Å²) >= 11 is 0. The van der Waals surface area contributed by atoms with E-state index in [-0.39, 0.29) is 19.5 Å². The summed E-state index contributed by atoms with van der Waals surface area (Å²) < 4.78 is 0. The first-order chi connectivity index (χ1) is 15.7. The van der Waals surface area contributed by atoms with E-state index < -0.39 is 0 Å². The van der Waals surface area contributed by atoms with Gasteiger partial charge in [0.1, 0.15) is 0 Å². The van der Waals surface area contributed by atoms with Crippen LogP contribution in [0.3, 0.4) is 0 Å². The molecule has 4 aliphatic rings. The SMILES string of the molecule is C1=CC[N-]C(NC2CCCC[N-]2)=C1.C1CCC(NC2CCCC[N-]2)[N-]C1.[N-]=[N+]=[N-].[N-]=[N+]=[N-].[Zn]. The minimum Gasteiger partial charge on any atom is -0.660 e. The van der Waals surface area contributed by atoms with E-state index in [1.165, 1.54) is 61.2 Å². The van der Waals surface area contributed by atoms with Crippen LogP contribution in [0.25, 0.3) is 53.2 Å². The summed E-state index contributed by atoms with van der Waals surface area (Å²) in [6.45, 7) is 3.89. The Kier molecular flexibility index (Phi) is 20.8. The predicted molar refractivity (Wildman–Crippen MR) is 129 cm³/mol. The third-order valence-electron chi connectivity index (χ3n) is 5.16. The molecule has 3 saturated heterocycles. The van der Waals surface area contributed by atoms with Gasteiger partial charge >= 0.3 is 0 Å². The van der Waals surface area contributed by atoms with Crippen LogP contribution in [0.15, 0.2) is 24.0 Å². The van der Waals surface area contributed by atoms with E-state index >= 15 is 0 Å². The Morgan fingerprint density at radius 3 is 1.55 bits per heavy atom. The Bertz CT molecular complexity index is 568. The van der Waals surface area contributed by atoms with Crippen molar-refractivity contribution in [2.24, 2.45) is 0 Å². The van der Waals surface area contributed by atoms with Crippen LogP contribution < -0.4 is 10.6 Å². The van der Waals surface area contributed by atoms with Gasteiger partial charge in [0.2, 0.25) is 0 Å². The summed E-state index contributed by atoms with van der Waals surface area (Å²) in [5, 5.41) is 24.8. The van der Waals surface area contributed by atoms with Crippen molar-refractivity contribution in [3.8, 4) is 0 Å². The van der Waals surface area contributed by atoms with Crippen molar-refractivity contribution in [3.05, 3.63) is 77.3 Å². The zero-order valence-corrected chi connectivity index (χ0v) is 22.3. The number of hydrogen-bond acceptors (Lipinski definition) is 2. The van der Waals surface area contributed by atoms with Crippen LogP contribution in [-0.4, -0.2) is 44.7 Å². The Hall–Kier alpha value is -1.84. The van der Waals surface area contributed by atoms with E-state index in [2.05, 4.69) is 31.9 Å². The standard InChI is InChI=1S/C10H19N3.C10H15N3.2N3.Zn/c2*1-3-7-11-9(5-1)13-10-6-2-4-8-12-10;2*1-3-2;/h9-10,13H,1-8H2;1,3,5,10,13H,2,4,6-8H2;;;/q2*-2;2*-1;. The zero-order chi connectivity index (χ0) is 23.3. The summed E-state index contributed by atoms with van der Waals surface area (Å²) in [7, 11) is 0. The largest absolute Gasteiger partial charge is 0.660 e. The van der Waals surface area contributed by atoms with Crippen LogP contribution in [0, 0.1) is 0 Å². The molecule has 13 heteroatoms. The number of nitrogens with one attached hydrogen (secondary N) is 2. The van der Waals surface area contributed by atoms with Crippen molar-refractivity contribution in [1.29, 1.82) is 0 Å². The Balaban J connectivity index is 0.000000491. The molecule has 3 unspecified atom stereocenters. The van der Waals surface area contributed by atoms with Crippen LogP contribution in [0.2, 0.25) is 0 Å². The second kappa shape index (κ2) is 22.0. The van der Waals surface area contributed by atoms with E-state index in [9.17, 15) is 0 Å². The average molecular weight is 508 g/mol. The van der Waals surface area contributed by atoms with Gasteiger partial charge in [0.05, 0.1) is 0 Å². The van der Waals surface area contributed by atoms with Crippen molar-refractivity contribution < 1.29 is 19.5 Å². The van der Waals surface area contributed by atoms with Crippen molar-refractivity contribution >= 4 is 0 Å². The molecule has 4 rings (SSSR count). The van der Waals surface area contributed by atoms with Crippen LogP contribution >= 0.6 is 0 Å². The van der Waals surface area contributed by atoms with Gasteiger partial charge in [-0.15, -0.1) is 25.8 Å². The van der Waals surface area contributed by atoms with Crippen LogP contribution in [0.1, 0.15) is 57.8 Å². The Labute approximate surface area is 209 Å². The summed E-state index contributed by atoms with van der Waals surface area (Å²) in [5.41, 5.74) is 27.0. The summed E-state index contributed by atoms with van der Waals surface area (Å²) in [5.74, 6) is 0.984. The molecule has 33 heavy (non-hydrogen) atoms. The normalized spacial score (nSPS) is 25.6. The molecule has 0 aliphatic carbocycles. The molecule has 4 heterocycles. The number of hydrogen-bond donors (Lipinski definition) is 2. The number of rotatable bonds is 4. The first-order valence-electron chi connectivity index (χ1n) is 11.3.